The predicted molar refractivity (Wildman–Crippen MR) is 103 cm³/mol. The van der Waals surface area contributed by atoms with E-state index in [2.05, 4.69) is 15.3 Å². The van der Waals surface area contributed by atoms with Crippen LogP contribution in [-0.2, 0) is 9.47 Å². The molecular weight excluding hydrogens is 364 g/mol. The molecule has 0 amide bonds. The van der Waals surface area contributed by atoms with Crippen LogP contribution in [0.2, 0.25) is 0 Å². The van der Waals surface area contributed by atoms with Crippen molar-refractivity contribution in [2.24, 2.45) is 15.9 Å². The Labute approximate surface area is 164 Å². The fourth-order valence-corrected chi connectivity index (χ4v) is 4.25. The molecule has 3 atom stereocenters. The number of nitrogens with one attached hydrogen (secondary N) is 1. The summed E-state index contributed by atoms with van der Waals surface area (Å²) in [6.45, 7) is 2.17. The monoisotopic (exact) mass is 391 g/mol. The average molecular weight is 391 g/mol. The van der Waals surface area contributed by atoms with Crippen molar-refractivity contribution in [2.75, 3.05) is 6.61 Å². The van der Waals surface area contributed by atoms with Crippen molar-refractivity contribution in [3.05, 3.63) is 35.4 Å². The molecule has 3 unspecified atom stereocenters. The van der Waals surface area contributed by atoms with Crippen LogP contribution in [-0.4, -0.2) is 30.8 Å². The van der Waals surface area contributed by atoms with Crippen molar-refractivity contribution in [2.45, 2.75) is 70.1 Å². The summed E-state index contributed by atoms with van der Waals surface area (Å²) in [6, 6.07) is 4.24. The van der Waals surface area contributed by atoms with Crippen molar-refractivity contribution in [1.29, 1.82) is 0 Å². The van der Waals surface area contributed by atoms with Gasteiger partial charge in [-0.3, -0.25) is 5.32 Å². The highest BCUT2D eigenvalue weighted by molar-refractivity contribution is 5.94. The van der Waals surface area contributed by atoms with Crippen LogP contribution in [0.15, 0.2) is 28.2 Å². The van der Waals surface area contributed by atoms with Gasteiger partial charge in [0.1, 0.15) is 18.8 Å². The standard InChI is InChI=1S/C21H27F2N3O2/c1-13-17(11-10-14-6-3-2-4-7-14)24-21(28-13)26-20-25-18(12-27-20)15-8-5-9-16(22)19(15)23/h5,8-9,13-14,17-18H,2-4,6-7,10-12H2,1H3,(H,24,25,26). The highest BCUT2D eigenvalue weighted by Crippen LogP contribution is 2.30. The fourth-order valence-electron chi connectivity index (χ4n) is 4.25. The third-order valence-corrected chi connectivity index (χ3v) is 5.92. The quantitative estimate of drug-likeness (QED) is 0.823. The van der Waals surface area contributed by atoms with Crippen LogP contribution in [0, 0.1) is 17.6 Å². The Morgan fingerprint density at radius 2 is 1.89 bits per heavy atom. The molecular formula is C21H27F2N3O2. The van der Waals surface area contributed by atoms with Crippen LogP contribution in [0.4, 0.5) is 8.78 Å². The molecule has 7 heteroatoms. The number of rotatable bonds is 4. The minimum atomic E-state index is -0.882. The molecule has 2 aliphatic heterocycles. The normalized spacial score (nSPS) is 27.8. The van der Waals surface area contributed by atoms with E-state index in [1.807, 2.05) is 6.92 Å². The molecule has 1 aliphatic carbocycles. The lowest BCUT2D eigenvalue weighted by Gasteiger charge is -2.22. The zero-order valence-electron chi connectivity index (χ0n) is 16.2. The van der Waals surface area contributed by atoms with Crippen LogP contribution >= 0.6 is 0 Å². The van der Waals surface area contributed by atoms with Gasteiger partial charge in [-0.15, -0.1) is 0 Å². The summed E-state index contributed by atoms with van der Waals surface area (Å²) in [5.74, 6) is -0.947. The summed E-state index contributed by atoms with van der Waals surface area (Å²) in [4.78, 5) is 8.94. The summed E-state index contributed by atoms with van der Waals surface area (Å²) in [5.41, 5.74) is 0.185. The van der Waals surface area contributed by atoms with Crippen molar-refractivity contribution < 1.29 is 18.3 Å². The minimum Gasteiger partial charge on any atom is -0.462 e. The fraction of sp³-hybridized carbons (Fsp3) is 0.619. The molecule has 0 aromatic heterocycles. The number of benzene rings is 1. The van der Waals surface area contributed by atoms with Crippen LogP contribution in [0.25, 0.3) is 0 Å². The molecule has 5 nitrogen and oxygen atoms in total. The first kappa shape index (κ1) is 19.2. The van der Waals surface area contributed by atoms with E-state index in [0.717, 1.165) is 18.4 Å². The second-order valence-electron chi connectivity index (χ2n) is 7.94. The van der Waals surface area contributed by atoms with Gasteiger partial charge in [-0.25, -0.2) is 18.8 Å². The smallest absolute Gasteiger partial charge is 0.293 e. The number of amidine groups is 2. The van der Waals surface area contributed by atoms with Crippen molar-refractivity contribution in [3.8, 4) is 0 Å². The zero-order valence-corrected chi connectivity index (χ0v) is 16.2. The molecule has 1 aromatic rings. The lowest BCUT2D eigenvalue weighted by Crippen LogP contribution is -2.31. The third kappa shape index (κ3) is 4.28. The van der Waals surface area contributed by atoms with Gasteiger partial charge < -0.3 is 9.47 Å². The van der Waals surface area contributed by atoms with Crippen molar-refractivity contribution in [3.63, 3.8) is 0 Å². The first-order valence-electron chi connectivity index (χ1n) is 10.3. The van der Waals surface area contributed by atoms with E-state index in [1.54, 1.807) is 0 Å². The molecule has 0 radical (unpaired) electrons. The number of hydrogen-bond donors (Lipinski definition) is 1. The second-order valence-corrected chi connectivity index (χ2v) is 7.94. The summed E-state index contributed by atoms with van der Waals surface area (Å²) in [7, 11) is 0. The zero-order chi connectivity index (χ0) is 19.5. The maximum atomic E-state index is 14.0. The summed E-state index contributed by atoms with van der Waals surface area (Å²) in [5, 5.41) is 2.95. The first-order chi connectivity index (χ1) is 13.6. The molecule has 1 fully saturated rings. The lowest BCUT2D eigenvalue weighted by molar-refractivity contribution is 0.193. The number of aliphatic imine (C=N–C) groups is 2. The predicted octanol–water partition coefficient (Wildman–Crippen LogP) is 4.49. The Morgan fingerprint density at radius 1 is 1.07 bits per heavy atom. The Kier molecular flexibility index (Phi) is 5.78. The maximum Gasteiger partial charge on any atom is 0.293 e. The average Bonchev–Trinajstić information content (AvgIpc) is 3.30. The number of ether oxygens (including phenoxy) is 2. The van der Waals surface area contributed by atoms with Gasteiger partial charge >= 0.3 is 0 Å². The van der Waals surface area contributed by atoms with Gasteiger partial charge in [0.15, 0.2) is 11.6 Å². The Bertz CT molecular complexity index is 762. The molecule has 1 N–H and O–H groups in total. The van der Waals surface area contributed by atoms with Gasteiger partial charge in [-0.05, 0) is 31.7 Å². The van der Waals surface area contributed by atoms with Gasteiger partial charge in [0.05, 0.1) is 6.04 Å². The Morgan fingerprint density at radius 3 is 2.71 bits per heavy atom. The number of halogens is 2. The molecule has 1 aromatic carbocycles. The largest absolute Gasteiger partial charge is 0.462 e. The van der Waals surface area contributed by atoms with E-state index in [1.165, 1.54) is 50.7 Å². The van der Waals surface area contributed by atoms with Crippen LogP contribution in [0.1, 0.15) is 63.5 Å². The first-order valence-corrected chi connectivity index (χ1v) is 10.3. The van der Waals surface area contributed by atoms with Gasteiger partial charge in [0, 0.05) is 5.56 Å². The molecule has 0 spiro atoms. The molecule has 3 aliphatic rings. The van der Waals surface area contributed by atoms with Gasteiger partial charge in [0.25, 0.3) is 12.0 Å². The maximum absolute atomic E-state index is 14.0. The van der Waals surface area contributed by atoms with E-state index in [0.29, 0.717) is 6.02 Å². The van der Waals surface area contributed by atoms with Crippen molar-refractivity contribution in [1.82, 2.24) is 5.32 Å². The van der Waals surface area contributed by atoms with Crippen LogP contribution in [0.3, 0.4) is 0 Å². The molecule has 4 rings (SSSR count). The highest BCUT2D eigenvalue weighted by Gasteiger charge is 2.31. The van der Waals surface area contributed by atoms with E-state index in [4.69, 9.17) is 9.47 Å². The number of nitrogens with zero attached hydrogens (tertiary/aromatic N) is 2. The molecule has 0 saturated heterocycles. The number of hydrogen-bond acceptors (Lipinski definition) is 5. The summed E-state index contributed by atoms with van der Waals surface area (Å²) >= 11 is 0. The van der Waals surface area contributed by atoms with Crippen LogP contribution < -0.4 is 5.32 Å². The molecule has 28 heavy (non-hydrogen) atoms. The van der Waals surface area contributed by atoms with E-state index >= 15 is 0 Å². The molecule has 2 heterocycles. The highest BCUT2D eigenvalue weighted by atomic mass is 19.2. The van der Waals surface area contributed by atoms with Gasteiger partial charge in [-0.1, -0.05) is 44.2 Å². The van der Waals surface area contributed by atoms with E-state index in [-0.39, 0.29) is 30.3 Å². The van der Waals surface area contributed by atoms with Crippen molar-refractivity contribution >= 4 is 12.0 Å². The van der Waals surface area contributed by atoms with Crippen LogP contribution in [0.5, 0.6) is 0 Å². The van der Waals surface area contributed by atoms with Gasteiger partial charge in [0.2, 0.25) is 0 Å². The topological polar surface area (TPSA) is 55.2 Å². The summed E-state index contributed by atoms with van der Waals surface area (Å²) in [6.07, 6.45) is 8.94. The Balaban J connectivity index is 1.34. The third-order valence-electron chi connectivity index (χ3n) is 5.92. The van der Waals surface area contributed by atoms with Gasteiger partial charge in [-0.2, -0.15) is 0 Å². The SMILES string of the molecule is CC1OC(NC2=NC(c3cccc(F)c3F)CO2)=NC1CCC1CCCCC1. The van der Waals surface area contributed by atoms with E-state index < -0.39 is 17.7 Å². The summed E-state index contributed by atoms with van der Waals surface area (Å²) < 4.78 is 38.7. The minimum absolute atomic E-state index is 0.00422. The molecule has 0 bridgehead atoms. The Hall–Kier alpha value is -2.18. The molecule has 1 saturated carbocycles. The lowest BCUT2D eigenvalue weighted by atomic mass is 9.85. The second kappa shape index (κ2) is 8.45. The molecule has 152 valence electrons. The van der Waals surface area contributed by atoms with E-state index in [9.17, 15) is 8.78 Å².